The molecule has 0 unspecified atom stereocenters. The first-order chi connectivity index (χ1) is 14.1. The van der Waals surface area contributed by atoms with Crippen LogP contribution in [0.5, 0.6) is 5.75 Å². The van der Waals surface area contributed by atoms with E-state index in [-0.39, 0.29) is 38.4 Å². The summed E-state index contributed by atoms with van der Waals surface area (Å²) in [7, 11) is -2.01. The van der Waals surface area contributed by atoms with Gasteiger partial charge in [-0.1, -0.05) is 12.2 Å². The molecule has 0 aliphatic heterocycles. The fourth-order valence-corrected chi connectivity index (χ4v) is 3.57. The minimum atomic E-state index is -3.31. The minimum Gasteiger partial charge on any atom is -0.496 e. The van der Waals surface area contributed by atoms with Crippen LogP contribution in [0.25, 0.3) is 0 Å². The van der Waals surface area contributed by atoms with Crippen LogP contribution in [0.3, 0.4) is 0 Å². The number of sulfone groups is 1. The summed E-state index contributed by atoms with van der Waals surface area (Å²) in [6, 6.07) is 8.14. The maximum atomic E-state index is 14.3. The lowest BCUT2D eigenvalue weighted by molar-refractivity contribution is 0.405. The molecule has 0 fully saturated rings. The molecule has 0 amide bonds. The molecule has 7 nitrogen and oxygen atoms in total. The fraction of sp³-hybridized carbons (Fsp3) is 0.105. The summed E-state index contributed by atoms with van der Waals surface area (Å²) in [6.45, 7) is 0. The second-order valence-electron chi connectivity index (χ2n) is 6.18. The summed E-state index contributed by atoms with van der Waals surface area (Å²) in [5, 5.41) is 2.87. The number of nitrogens with zero attached hydrogens (tertiary/aromatic N) is 2. The smallest absolute Gasteiger partial charge is 0.229 e. The lowest BCUT2D eigenvalue weighted by Crippen LogP contribution is -2.12. The Morgan fingerprint density at radius 2 is 1.83 bits per heavy atom. The molecule has 0 aliphatic rings. The average Bonchev–Trinajstić information content (AvgIpc) is 2.69. The van der Waals surface area contributed by atoms with Gasteiger partial charge in [-0.05, 0) is 36.4 Å². The minimum absolute atomic E-state index is 0.0477. The van der Waals surface area contributed by atoms with Gasteiger partial charge in [0, 0.05) is 18.1 Å². The number of hydrogen-bond donors (Lipinski definition) is 2. The van der Waals surface area contributed by atoms with E-state index in [2.05, 4.69) is 15.3 Å². The quantitative estimate of drug-likeness (QED) is 0.435. The number of anilines is 3. The highest BCUT2D eigenvalue weighted by Gasteiger charge is 2.22. The number of rotatable bonds is 6. The van der Waals surface area contributed by atoms with E-state index in [1.54, 1.807) is 12.1 Å². The lowest BCUT2D eigenvalue weighted by atomic mass is 10.0. The van der Waals surface area contributed by atoms with Crippen LogP contribution in [0.4, 0.5) is 26.2 Å². The van der Waals surface area contributed by atoms with Crippen molar-refractivity contribution in [1.29, 1.82) is 0 Å². The zero-order valence-electron chi connectivity index (χ0n) is 15.8. The van der Waals surface area contributed by atoms with E-state index >= 15 is 0 Å². The third-order valence-electron chi connectivity index (χ3n) is 4.11. The van der Waals surface area contributed by atoms with E-state index in [0.717, 1.165) is 12.3 Å². The highest BCUT2D eigenvalue weighted by molar-refractivity contribution is 7.90. The van der Waals surface area contributed by atoms with E-state index in [4.69, 9.17) is 22.7 Å². The molecule has 11 heteroatoms. The van der Waals surface area contributed by atoms with Gasteiger partial charge in [0.1, 0.15) is 11.6 Å². The van der Waals surface area contributed by atoms with Crippen molar-refractivity contribution in [1.82, 2.24) is 9.97 Å². The Balaban J connectivity index is 1.89. The molecule has 0 atom stereocenters. The Kier molecular flexibility index (Phi) is 5.94. The molecule has 0 aliphatic carbocycles. The number of nitrogens with two attached hydrogens (primary N) is 1. The van der Waals surface area contributed by atoms with Crippen molar-refractivity contribution in [3.8, 4) is 5.75 Å². The molecular formula is C19H16F2N4O3S2. The first-order valence-corrected chi connectivity index (χ1v) is 10.7. The van der Waals surface area contributed by atoms with E-state index in [9.17, 15) is 17.2 Å². The molecule has 3 rings (SSSR count). The van der Waals surface area contributed by atoms with Crippen molar-refractivity contribution in [2.45, 2.75) is 4.90 Å². The first-order valence-electron chi connectivity index (χ1n) is 8.38. The summed E-state index contributed by atoms with van der Waals surface area (Å²) in [5.41, 5.74) is 6.36. The van der Waals surface area contributed by atoms with Gasteiger partial charge in [-0.25, -0.2) is 22.2 Å². The molecule has 3 N–H and O–H groups in total. The van der Waals surface area contributed by atoms with Gasteiger partial charge in [-0.2, -0.15) is 4.98 Å². The van der Waals surface area contributed by atoms with Crippen LogP contribution < -0.4 is 15.8 Å². The number of aromatic nitrogens is 2. The van der Waals surface area contributed by atoms with Gasteiger partial charge in [0.15, 0.2) is 21.5 Å². The molecule has 1 aromatic heterocycles. The molecular weight excluding hydrogens is 434 g/mol. The molecule has 1 heterocycles. The molecule has 0 saturated carbocycles. The SMILES string of the molecule is COc1ccc(F)c(F)c1C(=S)c1cnc(Nc2ccc(S(C)(=O)=O)cc2)nc1N. The van der Waals surface area contributed by atoms with Gasteiger partial charge in [0.25, 0.3) is 0 Å². The van der Waals surface area contributed by atoms with Crippen molar-refractivity contribution >= 4 is 44.4 Å². The fourth-order valence-electron chi connectivity index (χ4n) is 2.59. The largest absolute Gasteiger partial charge is 0.496 e. The van der Waals surface area contributed by atoms with Gasteiger partial charge < -0.3 is 15.8 Å². The molecule has 3 aromatic rings. The monoisotopic (exact) mass is 450 g/mol. The van der Waals surface area contributed by atoms with Crippen molar-refractivity contribution < 1.29 is 21.9 Å². The van der Waals surface area contributed by atoms with Crippen LogP contribution in [-0.4, -0.2) is 36.6 Å². The molecule has 0 saturated heterocycles. The maximum Gasteiger partial charge on any atom is 0.229 e. The standard InChI is InChI=1S/C19H16F2N4O3S2/c1-28-14-8-7-13(20)16(21)15(14)17(29)12-9-23-19(25-18(12)22)24-10-3-5-11(6-4-10)30(2,26)27/h3-9H,1-2H3,(H3,22,23,24,25). The second kappa shape index (κ2) is 8.28. The number of ether oxygens (including phenoxy) is 1. The summed E-state index contributed by atoms with van der Waals surface area (Å²) in [4.78, 5) is 8.24. The van der Waals surface area contributed by atoms with Crippen LogP contribution >= 0.6 is 12.2 Å². The summed E-state index contributed by atoms with van der Waals surface area (Å²) >= 11 is 5.27. The second-order valence-corrected chi connectivity index (χ2v) is 8.61. The average molecular weight is 450 g/mol. The number of hydrogen-bond acceptors (Lipinski definition) is 8. The van der Waals surface area contributed by atoms with E-state index < -0.39 is 21.5 Å². The van der Waals surface area contributed by atoms with Gasteiger partial charge in [0.2, 0.25) is 5.95 Å². The molecule has 0 spiro atoms. The first kappa shape index (κ1) is 21.5. The topological polar surface area (TPSA) is 107 Å². The van der Waals surface area contributed by atoms with Crippen LogP contribution in [0.15, 0.2) is 47.5 Å². The van der Waals surface area contributed by atoms with Gasteiger partial charge in [-0.3, -0.25) is 0 Å². The number of nitrogens with one attached hydrogen (secondary N) is 1. The van der Waals surface area contributed by atoms with Gasteiger partial charge in [-0.15, -0.1) is 0 Å². The number of halogens is 2. The molecule has 30 heavy (non-hydrogen) atoms. The van der Waals surface area contributed by atoms with Crippen molar-refractivity contribution in [2.75, 3.05) is 24.4 Å². The summed E-state index contributed by atoms with van der Waals surface area (Å²) in [6.07, 6.45) is 2.39. The molecule has 2 aromatic carbocycles. The van der Waals surface area contributed by atoms with Crippen molar-refractivity contribution in [3.05, 3.63) is 65.4 Å². The van der Waals surface area contributed by atoms with Crippen molar-refractivity contribution in [3.63, 3.8) is 0 Å². The van der Waals surface area contributed by atoms with E-state index in [1.807, 2.05) is 0 Å². The normalized spacial score (nSPS) is 11.2. The molecule has 156 valence electrons. The van der Waals surface area contributed by atoms with Gasteiger partial charge >= 0.3 is 0 Å². The number of methoxy groups -OCH3 is 1. The van der Waals surface area contributed by atoms with Gasteiger partial charge in [0.05, 0.1) is 28.0 Å². The Labute approximate surface area is 176 Å². The van der Waals surface area contributed by atoms with Crippen LogP contribution in [-0.2, 0) is 9.84 Å². The predicted molar refractivity (Wildman–Crippen MR) is 113 cm³/mol. The summed E-state index contributed by atoms with van der Waals surface area (Å²) in [5.74, 6) is -2.14. The van der Waals surface area contributed by atoms with Crippen LogP contribution in [0, 0.1) is 11.6 Å². The Morgan fingerprint density at radius 1 is 1.17 bits per heavy atom. The Hall–Kier alpha value is -3.18. The van der Waals surface area contributed by atoms with Crippen LogP contribution in [0.1, 0.15) is 11.1 Å². The number of benzene rings is 2. The molecule has 0 radical (unpaired) electrons. The van der Waals surface area contributed by atoms with E-state index in [1.165, 1.54) is 31.5 Å². The third-order valence-corrected chi connectivity index (χ3v) is 5.66. The Morgan fingerprint density at radius 3 is 2.40 bits per heavy atom. The number of nitrogen functional groups attached to an aromatic ring is 1. The van der Waals surface area contributed by atoms with Crippen LogP contribution in [0.2, 0.25) is 0 Å². The Bertz CT molecular complexity index is 1230. The zero-order valence-corrected chi connectivity index (χ0v) is 17.4. The predicted octanol–water partition coefficient (Wildman–Crippen LogP) is 3.26. The maximum absolute atomic E-state index is 14.3. The zero-order chi connectivity index (χ0) is 22.1. The third kappa shape index (κ3) is 4.36. The summed E-state index contributed by atoms with van der Waals surface area (Å²) < 4.78 is 56.1. The highest BCUT2D eigenvalue weighted by atomic mass is 32.2. The van der Waals surface area contributed by atoms with E-state index in [0.29, 0.717) is 5.69 Å². The highest BCUT2D eigenvalue weighted by Crippen LogP contribution is 2.29. The molecule has 0 bridgehead atoms. The lowest BCUT2D eigenvalue weighted by Gasteiger charge is -2.13. The van der Waals surface area contributed by atoms with Crippen molar-refractivity contribution in [2.24, 2.45) is 0 Å². The number of thiocarbonyl (C=S) groups is 1.